The van der Waals surface area contributed by atoms with Crippen molar-refractivity contribution in [3.05, 3.63) is 29.8 Å². The average molecular weight is 236 g/mol. The molecule has 0 fully saturated rings. The Bertz CT molecular complexity index is 343. The van der Waals surface area contributed by atoms with Gasteiger partial charge in [0, 0.05) is 18.2 Å². The lowest BCUT2D eigenvalue weighted by Crippen LogP contribution is -2.25. The standard InChI is InChI=1S/C13H20N2S/c1-9(2)11-4-6-12(7-5-11)15-8-10(3)13(14)16/h4-7,9-10,15H,8H2,1-3H3,(H2,14,16). The topological polar surface area (TPSA) is 38.0 Å². The summed E-state index contributed by atoms with van der Waals surface area (Å²) in [5, 5.41) is 3.32. The van der Waals surface area contributed by atoms with Crippen molar-refractivity contribution in [2.45, 2.75) is 26.7 Å². The molecule has 0 saturated carbocycles. The van der Waals surface area contributed by atoms with E-state index in [9.17, 15) is 0 Å². The molecule has 88 valence electrons. The molecule has 2 nitrogen and oxygen atoms in total. The van der Waals surface area contributed by atoms with Crippen LogP contribution in [0.25, 0.3) is 0 Å². The van der Waals surface area contributed by atoms with E-state index in [1.807, 2.05) is 6.92 Å². The summed E-state index contributed by atoms with van der Waals surface area (Å²) in [7, 11) is 0. The minimum Gasteiger partial charge on any atom is -0.393 e. The summed E-state index contributed by atoms with van der Waals surface area (Å²) in [6, 6.07) is 8.50. The molecular formula is C13H20N2S. The van der Waals surface area contributed by atoms with E-state index in [1.54, 1.807) is 0 Å². The summed E-state index contributed by atoms with van der Waals surface area (Å²) >= 11 is 4.93. The summed E-state index contributed by atoms with van der Waals surface area (Å²) in [4.78, 5) is 0.561. The van der Waals surface area contributed by atoms with Crippen LogP contribution >= 0.6 is 12.2 Å². The van der Waals surface area contributed by atoms with Gasteiger partial charge in [0.15, 0.2) is 0 Å². The van der Waals surface area contributed by atoms with Crippen molar-refractivity contribution in [1.82, 2.24) is 0 Å². The van der Waals surface area contributed by atoms with E-state index in [2.05, 4.69) is 43.4 Å². The van der Waals surface area contributed by atoms with Crippen LogP contribution in [-0.4, -0.2) is 11.5 Å². The Hall–Kier alpha value is -1.09. The molecule has 0 aliphatic rings. The predicted octanol–water partition coefficient (Wildman–Crippen LogP) is 3.14. The number of nitrogens with two attached hydrogens (primary N) is 1. The van der Waals surface area contributed by atoms with Gasteiger partial charge in [-0.25, -0.2) is 0 Å². The molecule has 0 aromatic heterocycles. The Kier molecular flexibility index (Phi) is 4.74. The molecule has 0 heterocycles. The Balaban J connectivity index is 2.52. The van der Waals surface area contributed by atoms with Gasteiger partial charge in [0.25, 0.3) is 0 Å². The SMILES string of the molecule is CC(CNc1ccc(C(C)C)cc1)C(N)=S. The third-order valence-electron chi connectivity index (χ3n) is 2.68. The molecule has 1 aromatic carbocycles. The molecule has 1 rings (SSSR count). The van der Waals surface area contributed by atoms with E-state index in [1.165, 1.54) is 5.56 Å². The van der Waals surface area contributed by atoms with Crippen LogP contribution in [0.4, 0.5) is 5.69 Å². The van der Waals surface area contributed by atoms with Gasteiger partial charge in [-0.3, -0.25) is 0 Å². The second-order valence-corrected chi connectivity index (χ2v) is 4.93. The van der Waals surface area contributed by atoms with Gasteiger partial charge in [0.2, 0.25) is 0 Å². The van der Waals surface area contributed by atoms with Crippen molar-refractivity contribution >= 4 is 22.9 Å². The fourth-order valence-electron chi connectivity index (χ4n) is 1.36. The van der Waals surface area contributed by atoms with Gasteiger partial charge in [-0.05, 0) is 23.6 Å². The minimum atomic E-state index is 0.222. The number of thiocarbonyl (C=S) groups is 1. The maximum absolute atomic E-state index is 5.56. The minimum absolute atomic E-state index is 0.222. The highest BCUT2D eigenvalue weighted by atomic mass is 32.1. The van der Waals surface area contributed by atoms with Crippen molar-refractivity contribution in [3.63, 3.8) is 0 Å². The van der Waals surface area contributed by atoms with Gasteiger partial charge in [0.05, 0.1) is 4.99 Å². The fourth-order valence-corrected chi connectivity index (χ4v) is 1.44. The van der Waals surface area contributed by atoms with Crippen molar-refractivity contribution in [1.29, 1.82) is 0 Å². The lowest BCUT2D eigenvalue weighted by atomic mass is 10.0. The second kappa shape index (κ2) is 5.85. The molecule has 0 radical (unpaired) electrons. The lowest BCUT2D eigenvalue weighted by Gasteiger charge is -2.13. The molecule has 0 amide bonds. The first-order chi connectivity index (χ1) is 7.50. The van der Waals surface area contributed by atoms with E-state index < -0.39 is 0 Å². The van der Waals surface area contributed by atoms with E-state index in [0.717, 1.165) is 12.2 Å². The quantitative estimate of drug-likeness (QED) is 0.771. The van der Waals surface area contributed by atoms with E-state index >= 15 is 0 Å². The highest BCUT2D eigenvalue weighted by Gasteiger charge is 2.04. The Morgan fingerprint density at radius 3 is 2.25 bits per heavy atom. The highest BCUT2D eigenvalue weighted by molar-refractivity contribution is 7.80. The molecule has 0 bridgehead atoms. The Morgan fingerprint density at radius 2 is 1.81 bits per heavy atom. The number of hydrogen-bond donors (Lipinski definition) is 2. The number of nitrogens with one attached hydrogen (secondary N) is 1. The molecule has 0 aliphatic carbocycles. The third kappa shape index (κ3) is 3.81. The van der Waals surface area contributed by atoms with Gasteiger partial charge >= 0.3 is 0 Å². The molecule has 1 unspecified atom stereocenters. The van der Waals surface area contributed by atoms with Gasteiger partial charge < -0.3 is 11.1 Å². The summed E-state index contributed by atoms with van der Waals surface area (Å²) in [6.07, 6.45) is 0. The highest BCUT2D eigenvalue weighted by Crippen LogP contribution is 2.17. The van der Waals surface area contributed by atoms with Crippen LogP contribution in [0.15, 0.2) is 24.3 Å². The van der Waals surface area contributed by atoms with Crippen LogP contribution in [0.5, 0.6) is 0 Å². The van der Waals surface area contributed by atoms with Gasteiger partial charge in [0.1, 0.15) is 0 Å². The maximum atomic E-state index is 5.56. The lowest BCUT2D eigenvalue weighted by molar-refractivity contribution is 0.820. The van der Waals surface area contributed by atoms with Crippen LogP contribution in [-0.2, 0) is 0 Å². The molecular weight excluding hydrogens is 216 g/mol. The molecule has 3 N–H and O–H groups in total. The zero-order valence-corrected chi connectivity index (χ0v) is 11.0. The van der Waals surface area contributed by atoms with Crippen molar-refractivity contribution in [3.8, 4) is 0 Å². The van der Waals surface area contributed by atoms with Crippen molar-refractivity contribution in [2.75, 3.05) is 11.9 Å². The van der Waals surface area contributed by atoms with Gasteiger partial charge in [-0.2, -0.15) is 0 Å². The van der Waals surface area contributed by atoms with Gasteiger partial charge in [-0.15, -0.1) is 0 Å². The second-order valence-electron chi connectivity index (χ2n) is 4.46. The van der Waals surface area contributed by atoms with Crippen LogP contribution < -0.4 is 11.1 Å². The number of hydrogen-bond acceptors (Lipinski definition) is 2. The summed E-state index contributed by atoms with van der Waals surface area (Å²) < 4.78 is 0. The Morgan fingerprint density at radius 1 is 1.25 bits per heavy atom. The first-order valence-electron chi connectivity index (χ1n) is 5.64. The molecule has 1 atom stereocenters. The van der Waals surface area contributed by atoms with Crippen molar-refractivity contribution in [2.24, 2.45) is 11.7 Å². The van der Waals surface area contributed by atoms with Crippen LogP contribution in [0, 0.1) is 5.92 Å². The number of anilines is 1. The third-order valence-corrected chi connectivity index (χ3v) is 3.08. The first kappa shape index (κ1) is 13.0. The number of rotatable bonds is 5. The van der Waals surface area contributed by atoms with E-state index in [4.69, 9.17) is 18.0 Å². The predicted molar refractivity (Wildman–Crippen MR) is 75.0 cm³/mol. The maximum Gasteiger partial charge on any atom is 0.0773 e. The first-order valence-corrected chi connectivity index (χ1v) is 6.04. The van der Waals surface area contributed by atoms with E-state index in [-0.39, 0.29) is 5.92 Å². The van der Waals surface area contributed by atoms with Crippen LogP contribution in [0.2, 0.25) is 0 Å². The zero-order chi connectivity index (χ0) is 12.1. The zero-order valence-electron chi connectivity index (χ0n) is 10.2. The van der Waals surface area contributed by atoms with Crippen LogP contribution in [0.1, 0.15) is 32.3 Å². The summed E-state index contributed by atoms with van der Waals surface area (Å²) in [5.41, 5.74) is 8.03. The average Bonchev–Trinajstić information content (AvgIpc) is 2.26. The number of benzene rings is 1. The largest absolute Gasteiger partial charge is 0.393 e. The summed E-state index contributed by atoms with van der Waals surface area (Å²) in [6.45, 7) is 7.20. The molecule has 0 spiro atoms. The van der Waals surface area contributed by atoms with Crippen molar-refractivity contribution < 1.29 is 0 Å². The molecule has 1 aromatic rings. The fraction of sp³-hybridized carbons (Fsp3) is 0.462. The molecule has 0 aliphatic heterocycles. The van der Waals surface area contributed by atoms with E-state index in [0.29, 0.717) is 10.9 Å². The van der Waals surface area contributed by atoms with Gasteiger partial charge in [-0.1, -0.05) is 45.1 Å². The van der Waals surface area contributed by atoms with Crippen LogP contribution in [0.3, 0.4) is 0 Å². The molecule has 0 saturated heterocycles. The summed E-state index contributed by atoms with van der Waals surface area (Å²) in [5.74, 6) is 0.796. The smallest absolute Gasteiger partial charge is 0.0773 e. The molecule has 3 heteroatoms. The molecule has 16 heavy (non-hydrogen) atoms. The monoisotopic (exact) mass is 236 g/mol. The normalized spacial score (nSPS) is 12.5. The Labute approximate surface area is 103 Å².